The largest absolute Gasteiger partial charge is 0.488 e. The molecule has 1 aliphatic rings. The minimum absolute atomic E-state index is 0.344. The van der Waals surface area contributed by atoms with E-state index in [1.807, 2.05) is 30.3 Å². The van der Waals surface area contributed by atoms with E-state index in [2.05, 4.69) is 67.6 Å². The summed E-state index contributed by atoms with van der Waals surface area (Å²) in [6.07, 6.45) is 2.18. The first-order valence-corrected chi connectivity index (χ1v) is 10.9. The number of ether oxygens (including phenoxy) is 2. The fraction of sp³-hybridized carbons (Fsp3) is 0.100. The summed E-state index contributed by atoms with van der Waals surface area (Å²) in [6.45, 7) is 2.63. The van der Waals surface area contributed by atoms with Gasteiger partial charge in [0, 0.05) is 5.56 Å². The molecule has 0 amide bonds. The Morgan fingerprint density at radius 3 is 2.36 bits per heavy atom. The minimum atomic E-state index is -0.344. The van der Waals surface area contributed by atoms with E-state index in [0.29, 0.717) is 12.2 Å². The minimum Gasteiger partial charge on any atom is -0.488 e. The van der Waals surface area contributed by atoms with Gasteiger partial charge in [0.1, 0.15) is 12.4 Å². The van der Waals surface area contributed by atoms with Gasteiger partial charge in [-0.05, 0) is 70.7 Å². The van der Waals surface area contributed by atoms with Gasteiger partial charge < -0.3 is 9.47 Å². The van der Waals surface area contributed by atoms with Crippen molar-refractivity contribution in [2.24, 2.45) is 0 Å². The second kappa shape index (κ2) is 8.79. The molecule has 1 heterocycles. The standard InChI is InChI=1S/C30H24O3/c1-20-7-5-8-21(15-20)22-9-6-10-23(16-22)26-18-25-17-24(13-14-29(25)33-19-26)27-11-3-4-12-28(27)30(31)32-2/h3-18H,19H2,1-2H3. The average molecular weight is 433 g/mol. The number of carbonyl (C=O) groups excluding carboxylic acids is 1. The van der Waals surface area contributed by atoms with Crippen molar-refractivity contribution in [1.29, 1.82) is 0 Å². The van der Waals surface area contributed by atoms with E-state index in [0.717, 1.165) is 33.6 Å². The third-order valence-corrected chi connectivity index (χ3v) is 5.95. The number of benzene rings is 4. The van der Waals surface area contributed by atoms with Crippen molar-refractivity contribution >= 4 is 17.6 Å². The van der Waals surface area contributed by atoms with Gasteiger partial charge in [0.15, 0.2) is 0 Å². The highest BCUT2D eigenvalue weighted by Gasteiger charge is 2.17. The van der Waals surface area contributed by atoms with Gasteiger partial charge in [-0.25, -0.2) is 4.79 Å². The Kier molecular flexibility index (Phi) is 5.54. The average Bonchev–Trinajstić information content (AvgIpc) is 2.87. The van der Waals surface area contributed by atoms with Crippen LogP contribution in [0.15, 0.2) is 91.0 Å². The summed E-state index contributed by atoms with van der Waals surface area (Å²) in [5, 5.41) is 0. The fourth-order valence-corrected chi connectivity index (χ4v) is 4.26. The monoisotopic (exact) mass is 432 g/mol. The molecule has 0 bridgehead atoms. The quantitative estimate of drug-likeness (QED) is 0.324. The SMILES string of the molecule is COC(=O)c1ccccc1-c1ccc2c(c1)C=C(c1cccc(-c3cccc(C)c3)c1)CO2. The van der Waals surface area contributed by atoms with Gasteiger partial charge >= 0.3 is 5.97 Å². The summed E-state index contributed by atoms with van der Waals surface area (Å²) in [7, 11) is 1.40. The van der Waals surface area contributed by atoms with Crippen molar-refractivity contribution in [3.8, 4) is 28.0 Å². The summed E-state index contributed by atoms with van der Waals surface area (Å²) < 4.78 is 11.1. The predicted octanol–water partition coefficient (Wildman–Crippen LogP) is 7.05. The van der Waals surface area contributed by atoms with E-state index in [4.69, 9.17) is 9.47 Å². The first kappa shape index (κ1) is 20.8. The Labute approximate surface area is 193 Å². The van der Waals surface area contributed by atoms with E-state index in [1.165, 1.54) is 23.8 Å². The molecule has 3 nitrogen and oxygen atoms in total. The molecule has 0 unspecified atom stereocenters. The first-order chi connectivity index (χ1) is 16.1. The van der Waals surface area contributed by atoms with E-state index in [-0.39, 0.29) is 5.97 Å². The number of fused-ring (bicyclic) bond motifs is 1. The highest BCUT2D eigenvalue weighted by molar-refractivity contribution is 5.98. The van der Waals surface area contributed by atoms with Crippen molar-refractivity contribution in [1.82, 2.24) is 0 Å². The maximum absolute atomic E-state index is 12.2. The summed E-state index contributed by atoms with van der Waals surface area (Å²) in [6, 6.07) is 30.6. The van der Waals surface area contributed by atoms with Crippen LogP contribution in [0.4, 0.5) is 0 Å². The molecule has 0 saturated heterocycles. The summed E-state index contributed by atoms with van der Waals surface area (Å²) in [4.78, 5) is 12.2. The van der Waals surface area contributed by atoms with Crippen molar-refractivity contribution < 1.29 is 14.3 Å². The maximum Gasteiger partial charge on any atom is 0.338 e. The number of methoxy groups -OCH3 is 1. The molecule has 4 aromatic carbocycles. The smallest absolute Gasteiger partial charge is 0.338 e. The number of hydrogen-bond acceptors (Lipinski definition) is 3. The molecular formula is C30H24O3. The van der Waals surface area contributed by atoms with E-state index in [9.17, 15) is 4.79 Å². The lowest BCUT2D eigenvalue weighted by atomic mass is 9.94. The van der Waals surface area contributed by atoms with Gasteiger partial charge in [-0.1, -0.05) is 72.3 Å². The Morgan fingerprint density at radius 1 is 0.788 bits per heavy atom. The van der Waals surface area contributed by atoms with E-state index < -0.39 is 0 Å². The van der Waals surface area contributed by atoms with Gasteiger partial charge in [0.25, 0.3) is 0 Å². The van der Waals surface area contributed by atoms with Gasteiger partial charge in [-0.2, -0.15) is 0 Å². The van der Waals surface area contributed by atoms with Gasteiger partial charge in [-0.3, -0.25) is 0 Å². The normalized spacial score (nSPS) is 12.4. The molecule has 0 aliphatic carbocycles. The lowest BCUT2D eigenvalue weighted by molar-refractivity contribution is 0.0601. The van der Waals surface area contributed by atoms with E-state index in [1.54, 1.807) is 6.07 Å². The number of carbonyl (C=O) groups is 1. The predicted molar refractivity (Wildman–Crippen MR) is 133 cm³/mol. The molecule has 0 fully saturated rings. The zero-order valence-corrected chi connectivity index (χ0v) is 18.7. The summed E-state index contributed by atoms with van der Waals surface area (Å²) >= 11 is 0. The van der Waals surface area contributed by atoms with Gasteiger partial charge in [0.05, 0.1) is 12.7 Å². The molecule has 5 rings (SSSR count). The van der Waals surface area contributed by atoms with Gasteiger partial charge in [-0.15, -0.1) is 0 Å². The molecule has 0 N–H and O–H groups in total. The van der Waals surface area contributed by atoms with Crippen molar-refractivity contribution in [3.05, 3.63) is 113 Å². The third-order valence-electron chi connectivity index (χ3n) is 5.95. The van der Waals surface area contributed by atoms with Crippen LogP contribution < -0.4 is 4.74 Å². The van der Waals surface area contributed by atoms with E-state index >= 15 is 0 Å². The fourth-order valence-electron chi connectivity index (χ4n) is 4.26. The molecule has 0 radical (unpaired) electrons. The molecule has 0 saturated carbocycles. The molecule has 0 atom stereocenters. The summed E-state index contributed by atoms with van der Waals surface area (Å²) in [5.41, 5.74) is 9.22. The molecule has 33 heavy (non-hydrogen) atoms. The molecule has 162 valence electrons. The number of rotatable bonds is 4. The van der Waals surface area contributed by atoms with Crippen LogP contribution in [0.1, 0.15) is 27.0 Å². The Morgan fingerprint density at radius 2 is 1.55 bits per heavy atom. The number of aryl methyl sites for hydroxylation is 1. The van der Waals surface area contributed by atoms with Crippen LogP contribution in [0, 0.1) is 6.92 Å². The van der Waals surface area contributed by atoms with Crippen LogP contribution in [0.3, 0.4) is 0 Å². The van der Waals surface area contributed by atoms with Crippen molar-refractivity contribution in [3.63, 3.8) is 0 Å². The molecule has 3 heteroatoms. The maximum atomic E-state index is 12.2. The van der Waals surface area contributed by atoms with Gasteiger partial charge in [0.2, 0.25) is 0 Å². The van der Waals surface area contributed by atoms with Crippen LogP contribution in [0.2, 0.25) is 0 Å². The van der Waals surface area contributed by atoms with Crippen LogP contribution in [-0.4, -0.2) is 19.7 Å². The molecule has 0 aromatic heterocycles. The Bertz CT molecular complexity index is 1380. The highest BCUT2D eigenvalue weighted by atomic mass is 16.5. The zero-order chi connectivity index (χ0) is 22.8. The third kappa shape index (κ3) is 4.18. The topological polar surface area (TPSA) is 35.5 Å². The first-order valence-electron chi connectivity index (χ1n) is 10.9. The number of hydrogen-bond donors (Lipinski definition) is 0. The molecule has 4 aromatic rings. The van der Waals surface area contributed by atoms with Crippen molar-refractivity contribution in [2.45, 2.75) is 6.92 Å². The van der Waals surface area contributed by atoms with Crippen molar-refractivity contribution in [2.75, 3.05) is 13.7 Å². The number of esters is 1. The highest BCUT2D eigenvalue weighted by Crippen LogP contribution is 2.35. The second-order valence-corrected chi connectivity index (χ2v) is 8.20. The summed E-state index contributed by atoms with van der Waals surface area (Å²) in [5.74, 6) is 0.497. The molecule has 1 aliphatic heterocycles. The Hall–Kier alpha value is -4.11. The Balaban J connectivity index is 1.53. The molecule has 0 spiro atoms. The lowest BCUT2D eigenvalue weighted by Crippen LogP contribution is -2.07. The van der Waals surface area contributed by atoms with Crippen LogP contribution in [-0.2, 0) is 4.74 Å². The molecular weight excluding hydrogens is 408 g/mol. The lowest BCUT2D eigenvalue weighted by Gasteiger charge is -2.20. The van der Waals surface area contributed by atoms with Crippen LogP contribution in [0.5, 0.6) is 5.75 Å². The van der Waals surface area contributed by atoms with Crippen LogP contribution in [0.25, 0.3) is 33.9 Å². The second-order valence-electron chi connectivity index (χ2n) is 8.20. The zero-order valence-electron chi connectivity index (χ0n) is 18.7. The van der Waals surface area contributed by atoms with Crippen LogP contribution >= 0.6 is 0 Å².